The second kappa shape index (κ2) is 8.65. The van der Waals surface area contributed by atoms with E-state index in [1.807, 2.05) is 24.4 Å². The average molecular weight is 586 g/mol. The monoisotopic (exact) mass is 585 g/mol. The topological polar surface area (TPSA) is 48.0 Å². The Kier molecular flexibility index (Phi) is 4.52. The number of pyridine rings is 1. The highest BCUT2D eigenvalue weighted by Gasteiger charge is 2.25. The fraction of sp³-hybridized carbons (Fsp3) is 0. The van der Waals surface area contributed by atoms with Crippen LogP contribution in [0.25, 0.3) is 98.8 Å². The second-order valence-corrected chi connectivity index (χ2v) is 12.1. The van der Waals surface area contributed by atoms with Crippen LogP contribution in [0.15, 0.2) is 140 Å². The molecule has 0 spiro atoms. The Morgan fingerprint density at radius 2 is 1.17 bits per heavy atom. The number of fused-ring (bicyclic) bond motifs is 12. The largest absolute Gasteiger partial charge is 0.308 e. The molecule has 0 aliphatic heterocycles. The predicted molar refractivity (Wildman–Crippen MR) is 189 cm³/mol. The van der Waals surface area contributed by atoms with E-state index >= 15 is 0 Å². The van der Waals surface area contributed by atoms with Crippen LogP contribution in [0.4, 0.5) is 0 Å². The molecule has 5 heteroatoms. The van der Waals surface area contributed by atoms with E-state index in [2.05, 4.69) is 123 Å². The molecule has 0 bridgehead atoms. The summed E-state index contributed by atoms with van der Waals surface area (Å²) in [4.78, 5) is 15.1. The summed E-state index contributed by atoms with van der Waals surface area (Å²) in [6, 6.07) is 45.5. The molecule has 0 aliphatic carbocycles. The fourth-order valence-electron chi connectivity index (χ4n) is 7.78. The van der Waals surface area contributed by atoms with Gasteiger partial charge in [-0.2, -0.15) is 0 Å². The molecule has 6 aromatic carbocycles. The molecule has 11 rings (SSSR count). The second-order valence-electron chi connectivity index (χ2n) is 12.1. The van der Waals surface area contributed by atoms with Crippen molar-refractivity contribution in [3.05, 3.63) is 140 Å². The number of aromatic nitrogens is 5. The molecular formula is C41H23N5. The van der Waals surface area contributed by atoms with Gasteiger partial charge in [0, 0.05) is 55.7 Å². The van der Waals surface area contributed by atoms with Crippen LogP contribution in [-0.4, -0.2) is 23.9 Å². The molecule has 0 N–H and O–H groups in total. The SMILES string of the molecule is c1cncc(-c2nc(-n3c4cc5ccccc5cc4c4cc5c6ccccc6n6c7ccccc7c(c43)c56)nc3ccccc23)c1. The maximum Gasteiger partial charge on any atom is 0.235 e. The molecule has 5 heterocycles. The molecule has 5 aromatic heterocycles. The van der Waals surface area contributed by atoms with E-state index in [9.17, 15) is 0 Å². The Labute approximate surface area is 261 Å². The average Bonchev–Trinajstić information content (AvgIpc) is 3.75. The van der Waals surface area contributed by atoms with Crippen LogP contribution in [0.3, 0.4) is 0 Å². The molecule has 0 atom stereocenters. The van der Waals surface area contributed by atoms with Gasteiger partial charge in [-0.05, 0) is 59.3 Å². The van der Waals surface area contributed by atoms with Crippen LogP contribution in [0, 0.1) is 0 Å². The van der Waals surface area contributed by atoms with Gasteiger partial charge in [0.05, 0.1) is 38.8 Å². The summed E-state index contributed by atoms with van der Waals surface area (Å²) in [6.07, 6.45) is 3.69. The summed E-state index contributed by atoms with van der Waals surface area (Å²) in [5.41, 5.74) is 8.60. The summed E-state index contributed by atoms with van der Waals surface area (Å²) in [6.45, 7) is 0. The maximum atomic E-state index is 5.37. The molecule has 212 valence electrons. The van der Waals surface area contributed by atoms with Crippen molar-refractivity contribution in [2.24, 2.45) is 0 Å². The van der Waals surface area contributed by atoms with Gasteiger partial charge in [-0.25, -0.2) is 9.97 Å². The van der Waals surface area contributed by atoms with Crippen molar-refractivity contribution in [2.75, 3.05) is 0 Å². The first-order valence-corrected chi connectivity index (χ1v) is 15.5. The van der Waals surface area contributed by atoms with Crippen LogP contribution in [0.5, 0.6) is 0 Å². The summed E-state index contributed by atoms with van der Waals surface area (Å²) >= 11 is 0. The number of hydrogen-bond acceptors (Lipinski definition) is 3. The van der Waals surface area contributed by atoms with Gasteiger partial charge in [-0.3, -0.25) is 9.55 Å². The lowest BCUT2D eigenvalue weighted by Gasteiger charge is -2.12. The van der Waals surface area contributed by atoms with Crippen LogP contribution in [0.2, 0.25) is 0 Å². The minimum absolute atomic E-state index is 0.649. The minimum Gasteiger partial charge on any atom is -0.308 e. The molecule has 0 amide bonds. The lowest BCUT2D eigenvalue weighted by molar-refractivity contribution is 1.02. The summed E-state index contributed by atoms with van der Waals surface area (Å²) in [5, 5.41) is 10.8. The zero-order valence-corrected chi connectivity index (χ0v) is 24.5. The maximum absolute atomic E-state index is 5.37. The number of rotatable bonds is 2. The van der Waals surface area contributed by atoms with Crippen LogP contribution in [0.1, 0.15) is 0 Å². The molecule has 0 unspecified atom stereocenters. The van der Waals surface area contributed by atoms with Gasteiger partial charge in [0.25, 0.3) is 0 Å². The highest BCUT2D eigenvalue weighted by atomic mass is 15.2. The van der Waals surface area contributed by atoms with E-state index < -0.39 is 0 Å². The van der Waals surface area contributed by atoms with Crippen molar-refractivity contribution in [3.8, 4) is 17.2 Å². The molecule has 0 saturated heterocycles. The Morgan fingerprint density at radius 3 is 2.00 bits per heavy atom. The standard InChI is InChI=1S/C41H23N5/c1-2-11-25-21-36-30(20-24(25)10-1)32-22-31-27-13-4-7-17-34(27)45-35-18-8-5-15-29(35)37(39(31)45)40(32)46(36)41-43-33-16-6-3-14-28(33)38(44-41)26-12-9-19-42-23-26/h1-23H. The lowest BCUT2D eigenvalue weighted by atomic mass is 10.0. The van der Waals surface area contributed by atoms with Gasteiger partial charge in [0.1, 0.15) is 0 Å². The van der Waals surface area contributed by atoms with E-state index in [0.717, 1.165) is 33.2 Å². The van der Waals surface area contributed by atoms with Crippen molar-refractivity contribution in [1.82, 2.24) is 23.9 Å². The van der Waals surface area contributed by atoms with Gasteiger partial charge in [-0.15, -0.1) is 0 Å². The van der Waals surface area contributed by atoms with Crippen molar-refractivity contribution in [1.29, 1.82) is 0 Å². The van der Waals surface area contributed by atoms with Gasteiger partial charge >= 0.3 is 0 Å². The first-order valence-electron chi connectivity index (χ1n) is 15.5. The van der Waals surface area contributed by atoms with Crippen LogP contribution >= 0.6 is 0 Å². The van der Waals surface area contributed by atoms with Gasteiger partial charge in [0.15, 0.2) is 0 Å². The molecule has 0 radical (unpaired) electrons. The third-order valence-electron chi connectivity index (χ3n) is 9.69. The highest BCUT2D eigenvalue weighted by Crippen LogP contribution is 2.46. The van der Waals surface area contributed by atoms with Crippen molar-refractivity contribution >= 4 is 81.6 Å². The molecular weight excluding hydrogens is 562 g/mol. The summed E-state index contributed by atoms with van der Waals surface area (Å²) in [5.74, 6) is 0.649. The Balaban J connectivity index is 1.42. The fourth-order valence-corrected chi connectivity index (χ4v) is 7.78. The summed E-state index contributed by atoms with van der Waals surface area (Å²) < 4.78 is 4.75. The van der Waals surface area contributed by atoms with Gasteiger partial charge < -0.3 is 4.40 Å². The van der Waals surface area contributed by atoms with Crippen LogP contribution < -0.4 is 0 Å². The van der Waals surface area contributed by atoms with Gasteiger partial charge in [0.2, 0.25) is 5.95 Å². The molecule has 0 aliphatic rings. The van der Waals surface area contributed by atoms with Crippen molar-refractivity contribution < 1.29 is 0 Å². The van der Waals surface area contributed by atoms with E-state index in [4.69, 9.17) is 9.97 Å². The zero-order chi connectivity index (χ0) is 29.9. The number of nitrogens with zero attached hydrogens (tertiary/aromatic N) is 5. The lowest BCUT2D eigenvalue weighted by Crippen LogP contribution is -2.03. The quantitative estimate of drug-likeness (QED) is 0.203. The van der Waals surface area contributed by atoms with E-state index in [0.29, 0.717) is 5.95 Å². The molecule has 0 fully saturated rings. The Morgan fingerprint density at radius 1 is 0.478 bits per heavy atom. The summed E-state index contributed by atoms with van der Waals surface area (Å²) in [7, 11) is 0. The third kappa shape index (κ3) is 3.01. The number of para-hydroxylation sites is 3. The molecule has 0 saturated carbocycles. The molecule has 46 heavy (non-hydrogen) atoms. The Bertz CT molecular complexity index is 3020. The van der Waals surface area contributed by atoms with E-state index in [1.165, 1.54) is 59.6 Å². The highest BCUT2D eigenvalue weighted by molar-refractivity contribution is 6.34. The minimum atomic E-state index is 0.649. The van der Waals surface area contributed by atoms with Crippen molar-refractivity contribution in [2.45, 2.75) is 0 Å². The smallest absolute Gasteiger partial charge is 0.235 e. The van der Waals surface area contributed by atoms with Crippen LogP contribution in [-0.2, 0) is 0 Å². The normalized spacial score (nSPS) is 12.3. The van der Waals surface area contributed by atoms with E-state index in [1.54, 1.807) is 6.20 Å². The first-order chi connectivity index (χ1) is 22.8. The zero-order valence-electron chi connectivity index (χ0n) is 24.5. The number of hydrogen-bond donors (Lipinski definition) is 0. The molecule has 5 nitrogen and oxygen atoms in total. The number of benzene rings is 6. The first kappa shape index (κ1) is 24.0. The predicted octanol–water partition coefficient (Wildman–Crippen LogP) is 10.1. The van der Waals surface area contributed by atoms with Gasteiger partial charge in [-0.1, -0.05) is 78.9 Å². The Hall–Kier alpha value is -6.33. The molecule has 11 aromatic rings. The van der Waals surface area contributed by atoms with Crippen molar-refractivity contribution in [3.63, 3.8) is 0 Å². The third-order valence-corrected chi connectivity index (χ3v) is 9.69. The van der Waals surface area contributed by atoms with E-state index in [-0.39, 0.29) is 0 Å².